The van der Waals surface area contributed by atoms with Crippen molar-refractivity contribution >= 4 is 11.7 Å². The molecular formula is C13H18N2O3. The lowest BCUT2D eigenvalue weighted by atomic mass is 9.91. The minimum absolute atomic E-state index is 0.0571. The van der Waals surface area contributed by atoms with Crippen LogP contribution in [0.25, 0.3) is 0 Å². The molecular weight excluding hydrogens is 232 g/mol. The van der Waals surface area contributed by atoms with Crippen LogP contribution in [-0.4, -0.2) is 45.0 Å². The fourth-order valence-electron chi connectivity index (χ4n) is 2.16. The maximum Gasteiger partial charge on any atom is 0.270 e. The number of hydrogen-bond acceptors (Lipinski definition) is 3. The maximum atomic E-state index is 12.2. The van der Waals surface area contributed by atoms with Gasteiger partial charge in [0.15, 0.2) is 5.78 Å². The van der Waals surface area contributed by atoms with Crippen LogP contribution in [0.15, 0.2) is 12.3 Å². The summed E-state index contributed by atoms with van der Waals surface area (Å²) in [6.07, 6.45) is 2.30. The molecule has 1 amide bonds. The van der Waals surface area contributed by atoms with Gasteiger partial charge in [-0.3, -0.25) is 9.59 Å². The molecule has 18 heavy (non-hydrogen) atoms. The van der Waals surface area contributed by atoms with Crippen LogP contribution in [0.5, 0.6) is 0 Å². The first-order valence-corrected chi connectivity index (χ1v) is 6.05. The highest BCUT2D eigenvalue weighted by atomic mass is 16.3. The number of amides is 1. The third-order valence-electron chi connectivity index (χ3n) is 3.55. The van der Waals surface area contributed by atoms with Crippen molar-refractivity contribution in [1.82, 2.24) is 9.47 Å². The van der Waals surface area contributed by atoms with E-state index in [9.17, 15) is 14.7 Å². The molecule has 0 spiro atoms. The van der Waals surface area contributed by atoms with Gasteiger partial charge in [0.25, 0.3) is 5.91 Å². The molecule has 0 atom stereocenters. The summed E-state index contributed by atoms with van der Waals surface area (Å²) in [7, 11) is 1.74. The molecule has 1 aromatic rings. The molecule has 98 valence electrons. The summed E-state index contributed by atoms with van der Waals surface area (Å²) in [6, 6.07) is 1.61. The fourth-order valence-corrected chi connectivity index (χ4v) is 2.16. The first-order chi connectivity index (χ1) is 8.36. The highest BCUT2D eigenvalue weighted by Gasteiger charge is 2.42. The van der Waals surface area contributed by atoms with Gasteiger partial charge in [-0.25, -0.2) is 0 Å². The summed E-state index contributed by atoms with van der Waals surface area (Å²) in [6.45, 7) is 4.10. The Hall–Kier alpha value is -1.62. The quantitative estimate of drug-likeness (QED) is 0.808. The molecule has 0 radical (unpaired) electrons. The summed E-state index contributed by atoms with van der Waals surface area (Å²) < 4.78 is 1.66. The zero-order valence-electron chi connectivity index (χ0n) is 10.9. The van der Waals surface area contributed by atoms with E-state index in [-0.39, 0.29) is 11.7 Å². The Morgan fingerprint density at radius 1 is 1.44 bits per heavy atom. The highest BCUT2D eigenvalue weighted by molar-refractivity contribution is 5.99. The van der Waals surface area contributed by atoms with Crippen molar-refractivity contribution in [3.05, 3.63) is 23.5 Å². The molecule has 0 saturated carbocycles. The first-order valence-electron chi connectivity index (χ1n) is 6.05. The van der Waals surface area contributed by atoms with E-state index in [2.05, 4.69) is 0 Å². The van der Waals surface area contributed by atoms with Crippen LogP contribution in [0.4, 0.5) is 0 Å². The van der Waals surface area contributed by atoms with Gasteiger partial charge in [0.1, 0.15) is 5.69 Å². The fraction of sp³-hybridized carbons (Fsp3) is 0.538. The Bertz CT molecular complexity index is 498. The third-order valence-corrected chi connectivity index (χ3v) is 3.55. The Labute approximate surface area is 106 Å². The average molecular weight is 250 g/mol. The van der Waals surface area contributed by atoms with Crippen molar-refractivity contribution < 1.29 is 14.7 Å². The van der Waals surface area contributed by atoms with Gasteiger partial charge < -0.3 is 14.6 Å². The van der Waals surface area contributed by atoms with E-state index in [0.717, 1.165) is 0 Å². The van der Waals surface area contributed by atoms with Gasteiger partial charge in [0.2, 0.25) is 0 Å². The van der Waals surface area contributed by atoms with Gasteiger partial charge in [-0.1, -0.05) is 6.92 Å². The second kappa shape index (κ2) is 4.24. The molecule has 1 aliphatic rings. The number of nitrogens with zero attached hydrogens (tertiary/aromatic N) is 2. The number of aromatic nitrogens is 1. The molecule has 1 saturated heterocycles. The number of aryl methyl sites for hydroxylation is 1. The second-order valence-electron chi connectivity index (χ2n) is 5.02. The van der Waals surface area contributed by atoms with Crippen LogP contribution in [0, 0.1) is 0 Å². The predicted molar refractivity (Wildman–Crippen MR) is 66.6 cm³/mol. The van der Waals surface area contributed by atoms with Gasteiger partial charge in [0, 0.05) is 18.8 Å². The molecule has 1 fully saturated rings. The molecule has 0 bridgehead atoms. The molecule has 2 heterocycles. The van der Waals surface area contributed by atoms with Gasteiger partial charge in [0.05, 0.1) is 18.7 Å². The topological polar surface area (TPSA) is 62.5 Å². The lowest BCUT2D eigenvalue weighted by Crippen LogP contribution is -2.63. The number of carbonyl (C=O) groups excluding carboxylic acids is 2. The Morgan fingerprint density at radius 3 is 2.50 bits per heavy atom. The van der Waals surface area contributed by atoms with Gasteiger partial charge >= 0.3 is 0 Å². The molecule has 2 rings (SSSR count). The van der Waals surface area contributed by atoms with E-state index in [0.29, 0.717) is 30.8 Å². The minimum Gasteiger partial charge on any atom is -0.386 e. The summed E-state index contributed by atoms with van der Waals surface area (Å²) in [4.78, 5) is 25.0. The molecule has 5 heteroatoms. The van der Waals surface area contributed by atoms with Crippen LogP contribution in [0.1, 0.15) is 41.1 Å². The largest absolute Gasteiger partial charge is 0.386 e. The van der Waals surface area contributed by atoms with Crippen molar-refractivity contribution in [2.24, 2.45) is 7.05 Å². The normalized spacial score (nSPS) is 17.4. The molecule has 1 N–H and O–H groups in total. The SMILES string of the molecule is CCC1(O)CN(C(=O)c2cc(C(C)=O)cn2C)C1. The molecule has 5 nitrogen and oxygen atoms in total. The molecule has 0 aromatic carbocycles. The number of rotatable bonds is 3. The van der Waals surface area contributed by atoms with Crippen LogP contribution in [0.3, 0.4) is 0 Å². The maximum absolute atomic E-state index is 12.2. The standard InChI is InChI=1S/C13H18N2O3/c1-4-13(18)7-15(8-13)12(17)11-5-10(9(2)16)6-14(11)3/h5-6,18H,4,7-8H2,1-3H3. The van der Waals surface area contributed by atoms with Crippen molar-refractivity contribution in [3.8, 4) is 0 Å². The lowest BCUT2D eigenvalue weighted by Gasteiger charge is -2.46. The number of β-amino-alcohol motifs (C(OH)–C–C–N with tert-alkyl or cyclic N) is 1. The number of carbonyl (C=O) groups is 2. The molecule has 1 aromatic heterocycles. The van der Waals surface area contributed by atoms with Crippen LogP contribution in [0.2, 0.25) is 0 Å². The van der Waals surface area contributed by atoms with Crippen molar-refractivity contribution in [1.29, 1.82) is 0 Å². The summed E-state index contributed by atoms with van der Waals surface area (Å²) in [5.74, 6) is -0.193. The summed E-state index contributed by atoms with van der Waals surface area (Å²) in [5, 5.41) is 9.89. The van der Waals surface area contributed by atoms with Crippen molar-refractivity contribution in [2.75, 3.05) is 13.1 Å². The molecule has 1 aliphatic heterocycles. The van der Waals surface area contributed by atoms with Gasteiger partial charge in [-0.2, -0.15) is 0 Å². The number of aliphatic hydroxyl groups is 1. The minimum atomic E-state index is -0.732. The number of ketones is 1. The Kier molecular flexibility index (Phi) is 3.02. The van der Waals surface area contributed by atoms with Crippen LogP contribution in [-0.2, 0) is 7.05 Å². The molecule has 0 aliphatic carbocycles. The zero-order valence-corrected chi connectivity index (χ0v) is 10.9. The average Bonchev–Trinajstić information content (AvgIpc) is 2.66. The third kappa shape index (κ3) is 2.06. The van der Waals surface area contributed by atoms with E-state index in [4.69, 9.17) is 0 Å². The van der Waals surface area contributed by atoms with E-state index < -0.39 is 5.60 Å². The monoisotopic (exact) mass is 250 g/mol. The lowest BCUT2D eigenvalue weighted by molar-refractivity contribution is -0.0829. The number of likely N-dealkylation sites (tertiary alicyclic amines) is 1. The number of Topliss-reactive ketones (excluding diaryl/α,β-unsaturated/α-hetero) is 1. The highest BCUT2D eigenvalue weighted by Crippen LogP contribution is 2.26. The first kappa shape index (κ1) is 12.8. The molecule has 0 unspecified atom stereocenters. The number of hydrogen-bond donors (Lipinski definition) is 1. The predicted octanol–water partition coefficient (Wildman–Crippen LogP) is 0.825. The van der Waals surface area contributed by atoms with E-state index in [1.165, 1.54) is 6.92 Å². The van der Waals surface area contributed by atoms with Gasteiger partial charge in [-0.05, 0) is 19.4 Å². The zero-order chi connectivity index (χ0) is 13.5. The summed E-state index contributed by atoms with van der Waals surface area (Å²) >= 11 is 0. The smallest absolute Gasteiger partial charge is 0.270 e. The van der Waals surface area contributed by atoms with E-state index in [1.807, 2.05) is 6.92 Å². The van der Waals surface area contributed by atoms with E-state index >= 15 is 0 Å². The van der Waals surface area contributed by atoms with Crippen molar-refractivity contribution in [3.63, 3.8) is 0 Å². The second-order valence-corrected chi connectivity index (χ2v) is 5.02. The Balaban J connectivity index is 2.14. The Morgan fingerprint density at radius 2 is 2.06 bits per heavy atom. The van der Waals surface area contributed by atoms with Crippen molar-refractivity contribution in [2.45, 2.75) is 25.9 Å². The summed E-state index contributed by atoms with van der Waals surface area (Å²) in [5.41, 5.74) is 0.287. The van der Waals surface area contributed by atoms with E-state index in [1.54, 1.807) is 28.8 Å². The van der Waals surface area contributed by atoms with Crippen LogP contribution < -0.4 is 0 Å². The van der Waals surface area contributed by atoms with Gasteiger partial charge in [-0.15, -0.1) is 0 Å². The van der Waals surface area contributed by atoms with Crippen LogP contribution >= 0.6 is 0 Å².